The largest absolute Gasteiger partial charge is 0.508 e. The van der Waals surface area contributed by atoms with Gasteiger partial charge in [0.2, 0.25) is 5.95 Å². The summed E-state index contributed by atoms with van der Waals surface area (Å²) in [6, 6.07) is 4.05. The third-order valence-electron chi connectivity index (χ3n) is 2.91. The van der Waals surface area contributed by atoms with E-state index in [0.717, 1.165) is 0 Å². The number of hydrogen-bond acceptors (Lipinski definition) is 6. The van der Waals surface area contributed by atoms with Crippen molar-refractivity contribution >= 4 is 27.6 Å². The predicted octanol–water partition coefficient (Wildman–Crippen LogP) is 0.775. The van der Waals surface area contributed by atoms with Gasteiger partial charge in [0, 0.05) is 10.8 Å². The van der Waals surface area contributed by atoms with Crippen LogP contribution >= 0.6 is 0 Å². The number of aromatic nitrogens is 2. The lowest BCUT2D eigenvalue weighted by Crippen LogP contribution is -2.11. The van der Waals surface area contributed by atoms with E-state index in [1.165, 1.54) is 18.2 Å². The van der Waals surface area contributed by atoms with Crippen LogP contribution in [0.4, 0.5) is 5.95 Å². The molecule has 1 heterocycles. The third kappa shape index (κ3) is 1.45. The van der Waals surface area contributed by atoms with Crippen LogP contribution in [0, 0.1) is 0 Å². The minimum Gasteiger partial charge on any atom is -0.508 e. The number of phenols is 3. The van der Waals surface area contributed by atoms with Crippen LogP contribution in [-0.2, 0) is 0 Å². The van der Waals surface area contributed by atoms with E-state index in [1.54, 1.807) is 0 Å². The summed E-state index contributed by atoms with van der Waals surface area (Å²) in [5.41, 5.74) is 4.73. The van der Waals surface area contributed by atoms with Crippen molar-refractivity contribution in [2.75, 3.05) is 5.73 Å². The summed E-state index contributed by atoms with van der Waals surface area (Å²) in [5.74, 6) is -1.19. The summed E-state index contributed by atoms with van der Waals surface area (Å²) >= 11 is 0. The Hall–Kier alpha value is -2.96. The second-order valence-electron chi connectivity index (χ2n) is 4.10. The first-order valence-electron chi connectivity index (χ1n) is 5.35. The van der Waals surface area contributed by atoms with Crippen LogP contribution in [0.2, 0.25) is 0 Å². The molecule has 1 aromatic heterocycles. The van der Waals surface area contributed by atoms with Crippen molar-refractivity contribution in [1.82, 2.24) is 9.97 Å². The number of aromatic amines is 1. The minimum absolute atomic E-state index is 0.0513. The summed E-state index contributed by atoms with van der Waals surface area (Å²) in [4.78, 5) is 18.1. The van der Waals surface area contributed by atoms with Gasteiger partial charge in [-0.2, -0.15) is 0 Å². The molecular weight excluding hydrogens is 250 g/mol. The molecule has 0 aliphatic rings. The van der Waals surface area contributed by atoms with Gasteiger partial charge >= 0.3 is 0 Å². The van der Waals surface area contributed by atoms with Gasteiger partial charge < -0.3 is 21.1 Å². The zero-order valence-electron chi connectivity index (χ0n) is 9.51. The molecule has 7 nitrogen and oxygen atoms in total. The zero-order chi connectivity index (χ0) is 13.7. The van der Waals surface area contributed by atoms with Gasteiger partial charge in [-0.25, -0.2) is 4.98 Å². The second-order valence-corrected chi connectivity index (χ2v) is 4.10. The molecule has 96 valence electrons. The SMILES string of the molecule is Nc1nc2c(O)c(O)c3ccc(O)cc3c2c(=O)[nH]1. The summed E-state index contributed by atoms with van der Waals surface area (Å²) < 4.78 is 0. The van der Waals surface area contributed by atoms with Crippen molar-refractivity contribution in [2.24, 2.45) is 0 Å². The lowest BCUT2D eigenvalue weighted by atomic mass is 10.0. The predicted molar refractivity (Wildman–Crippen MR) is 69.3 cm³/mol. The Kier molecular flexibility index (Phi) is 2.06. The topological polar surface area (TPSA) is 132 Å². The quantitative estimate of drug-likeness (QED) is 0.299. The number of benzene rings is 2. The molecule has 0 aliphatic carbocycles. The summed E-state index contributed by atoms with van der Waals surface area (Å²) in [6.45, 7) is 0. The number of rotatable bonds is 0. The molecule has 0 atom stereocenters. The maximum Gasteiger partial charge on any atom is 0.260 e. The van der Waals surface area contributed by atoms with Gasteiger partial charge in [0.05, 0.1) is 5.39 Å². The van der Waals surface area contributed by atoms with Crippen molar-refractivity contribution in [1.29, 1.82) is 0 Å². The first-order chi connectivity index (χ1) is 8.99. The highest BCUT2D eigenvalue weighted by molar-refractivity contribution is 6.12. The van der Waals surface area contributed by atoms with Crippen molar-refractivity contribution in [3.05, 3.63) is 28.6 Å². The number of H-pyrrole nitrogens is 1. The van der Waals surface area contributed by atoms with E-state index in [0.29, 0.717) is 0 Å². The molecule has 6 N–H and O–H groups in total. The summed E-state index contributed by atoms with van der Waals surface area (Å²) in [5, 5.41) is 29.9. The fraction of sp³-hybridized carbons (Fsp3) is 0. The van der Waals surface area contributed by atoms with Gasteiger partial charge in [-0.15, -0.1) is 0 Å². The van der Waals surface area contributed by atoms with Gasteiger partial charge in [0.15, 0.2) is 11.5 Å². The molecule has 3 rings (SSSR count). The van der Waals surface area contributed by atoms with Crippen molar-refractivity contribution < 1.29 is 15.3 Å². The molecule has 0 amide bonds. The molecule has 0 unspecified atom stereocenters. The minimum atomic E-state index is -0.562. The van der Waals surface area contributed by atoms with Gasteiger partial charge in [-0.1, -0.05) is 0 Å². The molecule has 0 bridgehead atoms. The fourth-order valence-electron chi connectivity index (χ4n) is 2.10. The van der Waals surface area contributed by atoms with Crippen LogP contribution in [-0.4, -0.2) is 25.3 Å². The number of anilines is 1. The molecule has 0 aliphatic heterocycles. The smallest absolute Gasteiger partial charge is 0.260 e. The maximum atomic E-state index is 11.9. The highest BCUT2D eigenvalue weighted by Crippen LogP contribution is 2.40. The van der Waals surface area contributed by atoms with Crippen molar-refractivity contribution in [2.45, 2.75) is 0 Å². The number of nitrogen functional groups attached to an aromatic ring is 1. The normalized spacial score (nSPS) is 11.2. The van der Waals surface area contributed by atoms with Crippen molar-refractivity contribution in [3.63, 3.8) is 0 Å². The number of nitrogens with one attached hydrogen (secondary N) is 1. The Bertz CT molecular complexity index is 886. The number of nitrogens with two attached hydrogens (primary N) is 1. The lowest BCUT2D eigenvalue weighted by Gasteiger charge is -2.08. The van der Waals surface area contributed by atoms with E-state index in [2.05, 4.69) is 9.97 Å². The highest BCUT2D eigenvalue weighted by atomic mass is 16.3. The Balaban J connectivity index is 2.73. The van der Waals surface area contributed by atoms with Gasteiger partial charge in [-0.05, 0) is 18.2 Å². The number of fused-ring (bicyclic) bond motifs is 3. The van der Waals surface area contributed by atoms with Crippen LogP contribution in [0.5, 0.6) is 17.2 Å². The molecule has 0 spiro atoms. The van der Waals surface area contributed by atoms with E-state index < -0.39 is 17.1 Å². The Labute approximate surface area is 105 Å². The van der Waals surface area contributed by atoms with E-state index in [-0.39, 0.29) is 33.4 Å². The summed E-state index contributed by atoms with van der Waals surface area (Å²) in [7, 11) is 0. The molecule has 0 radical (unpaired) electrons. The van der Waals surface area contributed by atoms with Crippen LogP contribution in [0.1, 0.15) is 0 Å². The molecule has 7 heteroatoms. The first kappa shape index (κ1) is 11.1. The van der Waals surface area contributed by atoms with Crippen molar-refractivity contribution in [3.8, 4) is 17.2 Å². The van der Waals surface area contributed by atoms with Gasteiger partial charge in [-0.3, -0.25) is 9.78 Å². The number of hydrogen-bond donors (Lipinski definition) is 5. The fourth-order valence-corrected chi connectivity index (χ4v) is 2.10. The highest BCUT2D eigenvalue weighted by Gasteiger charge is 2.17. The third-order valence-corrected chi connectivity index (χ3v) is 2.91. The molecule has 19 heavy (non-hydrogen) atoms. The average molecular weight is 259 g/mol. The molecule has 0 saturated carbocycles. The Morgan fingerprint density at radius 1 is 1.11 bits per heavy atom. The monoisotopic (exact) mass is 259 g/mol. The van der Waals surface area contributed by atoms with Crippen LogP contribution < -0.4 is 11.3 Å². The summed E-state index contributed by atoms with van der Waals surface area (Å²) in [6.07, 6.45) is 0. The average Bonchev–Trinajstić information content (AvgIpc) is 2.35. The molecule has 0 fully saturated rings. The molecule has 0 saturated heterocycles. The van der Waals surface area contributed by atoms with Crippen LogP contribution in [0.3, 0.4) is 0 Å². The van der Waals surface area contributed by atoms with Crippen LogP contribution in [0.15, 0.2) is 23.0 Å². The number of phenolic OH excluding ortho intramolecular Hbond substituents is 3. The van der Waals surface area contributed by atoms with E-state index in [1.807, 2.05) is 0 Å². The number of aromatic hydroxyl groups is 3. The first-order valence-corrected chi connectivity index (χ1v) is 5.35. The van der Waals surface area contributed by atoms with Gasteiger partial charge in [0.25, 0.3) is 5.56 Å². The molecule has 2 aromatic carbocycles. The zero-order valence-corrected chi connectivity index (χ0v) is 9.51. The van der Waals surface area contributed by atoms with E-state index in [4.69, 9.17) is 5.73 Å². The van der Waals surface area contributed by atoms with Crippen LogP contribution in [0.25, 0.3) is 21.7 Å². The molecule has 3 aromatic rings. The standard InChI is InChI=1S/C12H9N3O4/c13-12-14-8-7(11(19)15-12)6-3-4(16)1-2-5(6)9(17)10(8)18/h1-3,16-18H,(H3,13,14,15,19). The van der Waals surface area contributed by atoms with E-state index in [9.17, 15) is 20.1 Å². The lowest BCUT2D eigenvalue weighted by molar-refractivity contribution is 0.411. The maximum absolute atomic E-state index is 11.9. The second kappa shape index (κ2) is 3.52. The number of nitrogens with zero attached hydrogens (tertiary/aromatic N) is 1. The Morgan fingerprint density at radius 2 is 1.84 bits per heavy atom. The van der Waals surface area contributed by atoms with E-state index >= 15 is 0 Å². The Morgan fingerprint density at radius 3 is 2.58 bits per heavy atom. The molecular formula is C12H9N3O4. The van der Waals surface area contributed by atoms with Gasteiger partial charge in [0.1, 0.15) is 11.3 Å².